The van der Waals surface area contributed by atoms with Crippen molar-refractivity contribution in [3.05, 3.63) is 130 Å². The van der Waals surface area contributed by atoms with E-state index in [-0.39, 0.29) is 0 Å². The second-order valence-electron chi connectivity index (χ2n) is 19.7. The van der Waals surface area contributed by atoms with Gasteiger partial charge in [-0.2, -0.15) is 0 Å². The standard InChI is InChI=1S/2C18H17.2C5H11.2CH3.Hf.H2Si/c2*1-13(2)15-8-3-9-16(12-15)18-11-5-7-14-6-4-10-17(14)18;2*1-3-5-4-2;;;;/h2*3-13H,1-2H3;2*1,3-5H2,2H3;2*1H3;;1H2. The topological polar surface area (TPSA) is 0 Å². The molecule has 4 aromatic rings. The molecule has 0 aliphatic heterocycles. The molecular formula is C48H64HfSi. The molecular weight excluding hydrogens is 783 g/mol. The predicted octanol–water partition coefficient (Wildman–Crippen LogP) is 14.7. The third-order valence-electron chi connectivity index (χ3n) is 14.4. The normalized spacial score (nSPS) is 18.9. The Balaban J connectivity index is 1.60. The van der Waals surface area contributed by atoms with Crippen molar-refractivity contribution >= 4 is 19.1 Å². The third-order valence-corrected chi connectivity index (χ3v) is 70.9. The average molecular weight is 848 g/mol. The molecule has 0 saturated carbocycles. The first-order chi connectivity index (χ1) is 23.7. The fourth-order valence-corrected chi connectivity index (χ4v) is 60.6. The molecule has 6 rings (SSSR count). The van der Waals surface area contributed by atoms with E-state index in [1.807, 2.05) is 0 Å². The Kier molecular flexibility index (Phi) is 9.55. The summed E-state index contributed by atoms with van der Waals surface area (Å²) in [6.45, 7) is 16.6. The fourth-order valence-electron chi connectivity index (χ4n) is 11.0. The van der Waals surface area contributed by atoms with Crippen molar-refractivity contribution in [1.29, 1.82) is 0 Å². The molecule has 0 amide bonds. The summed E-state index contributed by atoms with van der Waals surface area (Å²) in [4.78, 5) is 0. The van der Waals surface area contributed by atoms with E-state index in [4.69, 9.17) is 0 Å². The molecule has 264 valence electrons. The van der Waals surface area contributed by atoms with Crippen molar-refractivity contribution < 1.29 is 14.2 Å². The Morgan fingerprint density at radius 1 is 0.560 bits per heavy atom. The van der Waals surface area contributed by atoms with Crippen molar-refractivity contribution in [3.8, 4) is 22.3 Å². The molecule has 0 bridgehead atoms. The molecule has 0 radical (unpaired) electrons. The van der Waals surface area contributed by atoms with Gasteiger partial charge in [0.15, 0.2) is 0 Å². The summed E-state index contributed by atoms with van der Waals surface area (Å²) in [6.07, 6.45) is 18.3. The number of hydrogen-bond acceptors (Lipinski definition) is 0. The summed E-state index contributed by atoms with van der Waals surface area (Å²) in [7, 11) is 0. The van der Waals surface area contributed by atoms with Gasteiger partial charge in [-0.25, -0.2) is 0 Å². The second kappa shape index (κ2) is 12.8. The van der Waals surface area contributed by atoms with Gasteiger partial charge in [-0.1, -0.05) is 0 Å². The maximum atomic E-state index is 2.97. The van der Waals surface area contributed by atoms with Gasteiger partial charge in [-0.15, -0.1) is 0 Å². The van der Waals surface area contributed by atoms with Gasteiger partial charge in [0.05, 0.1) is 0 Å². The van der Waals surface area contributed by atoms with Gasteiger partial charge in [0.2, 0.25) is 0 Å². The molecule has 0 heterocycles. The van der Waals surface area contributed by atoms with Crippen LogP contribution in [-0.2, 0) is 14.2 Å². The molecule has 0 N–H and O–H groups in total. The molecule has 0 fully saturated rings. The van der Waals surface area contributed by atoms with Crippen LogP contribution in [0.3, 0.4) is 0 Å². The van der Waals surface area contributed by atoms with Crippen molar-refractivity contribution in [2.75, 3.05) is 0 Å². The van der Waals surface area contributed by atoms with E-state index in [0.29, 0.717) is 19.2 Å². The van der Waals surface area contributed by atoms with Crippen LogP contribution in [0.5, 0.6) is 0 Å². The van der Waals surface area contributed by atoms with Crippen LogP contribution in [0.2, 0.25) is 17.7 Å². The number of hydrogen-bond donors (Lipinski definition) is 0. The number of unbranched alkanes of at least 4 members (excludes halogenated alkanes) is 4. The molecule has 2 unspecified atom stereocenters. The van der Waals surface area contributed by atoms with Gasteiger partial charge in [-0.05, 0) is 0 Å². The van der Waals surface area contributed by atoms with Crippen LogP contribution in [0.15, 0.2) is 97.1 Å². The number of rotatable bonds is 14. The zero-order chi connectivity index (χ0) is 35.8. The van der Waals surface area contributed by atoms with Crippen LogP contribution >= 0.6 is 0 Å². The molecule has 2 aliphatic rings. The first-order valence-electron chi connectivity index (χ1n) is 20.1. The number of benzene rings is 4. The molecule has 4 aromatic carbocycles. The van der Waals surface area contributed by atoms with E-state index in [1.54, 1.807) is 11.1 Å². The molecule has 0 aromatic heterocycles. The predicted molar refractivity (Wildman–Crippen MR) is 224 cm³/mol. The Bertz CT molecular complexity index is 1950. The number of allylic oxidation sites excluding steroid dienone is 2. The molecule has 2 aliphatic carbocycles. The summed E-state index contributed by atoms with van der Waals surface area (Å²) in [6, 6.07) is 33.2. The Morgan fingerprint density at radius 3 is 1.34 bits per heavy atom. The zero-order valence-electron chi connectivity index (χ0n) is 32.6. The van der Waals surface area contributed by atoms with E-state index in [9.17, 15) is 0 Å². The van der Waals surface area contributed by atoms with Crippen LogP contribution < -0.4 is 0 Å². The molecule has 2 heteroatoms. The van der Waals surface area contributed by atoms with Crippen LogP contribution in [0.25, 0.3) is 34.4 Å². The number of fused-ring (bicyclic) bond motifs is 2. The van der Waals surface area contributed by atoms with E-state index in [0.717, 1.165) is 0 Å². The molecule has 0 spiro atoms. The minimum atomic E-state index is -5.16. The SMILES string of the molecule is CCCC[CH2][Hf]([CH3])([CH3])(=[SiH2])([CH2]CCCC)([CH]1C=Cc2c(-c3cccc(C(C)C)c3)cccc21)[CH]1C=Cc2c(-c3cccc(C(C)C)c3)cccc21. The molecule has 2 atom stereocenters. The zero-order valence-corrected chi connectivity index (χ0v) is 37.6. The Hall–Kier alpha value is -2.55. The van der Waals surface area contributed by atoms with Crippen molar-refractivity contribution in [3.63, 3.8) is 0 Å². The maximum absolute atomic E-state index is 5.16. The molecule has 50 heavy (non-hydrogen) atoms. The summed E-state index contributed by atoms with van der Waals surface area (Å²) >= 11 is -5.16. The second-order valence-corrected chi connectivity index (χ2v) is 96.7. The monoisotopic (exact) mass is 848 g/mol. The van der Waals surface area contributed by atoms with Gasteiger partial charge < -0.3 is 0 Å². The van der Waals surface area contributed by atoms with E-state index in [2.05, 4.69) is 167 Å². The van der Waals surface area contributed by atoms with Gasteiger partial charge >= 0.3 is 303 Å². The molecule has 0 saturated heterocycles. The summed E-state index contributed by atoms with van der Waals surface area (Å²) in [5.41, 5.74) is 14.5. The van der Waals surface area contributed by atoms with Gasteiger partial charge in [0.25, 0.3) is 0 Å². The van der Waals surface area contributed by atoms with Crippen molar-refractivity contribution in [2.45, 2.75) is 117 Å². The summed E-state index contributed by atoms with van der Waals surface area (Å²) < 4.78 is 9.57. The minimum absolute atomic E-state index is 0.447. The van der Waals surface area contributed by atoms with E-state index < -0.39 is 14.2 Å². The van der Waals surface area contributed by atoms with E-state index in [1.165, 1.54) is 91.4 Å². The van der Waals surface area contributed by atoms with Crippen LogP contribution in [0.4, 0.5) is 0 Å². The third kappa shape index (κ3) is 6.09. The van der Waals surface area contributed by atoms with Gasteiger partial charge in [0, 0.05) is 0 Å². The summed E-state index contributed by atoms with van der Waals surface area (Å²) in [5, 5.41) is 0. The quantitative estimate of drug-likeness (QED) is 0.0876. The van der Waals surface area contributed by atoms with Crippen LogP contribution in [0.1, 0.15) is 133 Å². The Morgan fingerprint density at radius 2 is 0.960 bits per heavy atom. The fraction of sp³-hybridized carbons (Fsp3) is 0.417. The average Bonchev–Trinajstić information content (AvgIpc) is 3.76. The van der Waals surface area contributed by atoms with Crippen molar-refractivity contribution in [1.82, 2.24) is 0 Å². The van der Waals surface area contributed by atoms with Crippen LogP contribution in [0, 0.1) is 0 Å². The molecule has 0 nitrogen and oxygen atoms in total. The van der Waals surface area contributed by atoms with Gasteiger partial charge in [0.1, 0.15) is 0 Å². The van der Waals surface area contributed by atoms with E-state index >= 15 is 0 Å². The van der Waals surface area contributed by atoms with Gasteiger partial charge in [-0.3, -0.25) is 0 Å². The first-order valence-corrected chi connectivity index (χ1v) is 44.8. The Labute approximate surface area is 301 Å². The van der Waals surface area contributed by atoms with Crippen molar-refractivity contribution in [2.24, 2.45) is 0 Å². The summed E-state index contributed by atoms with van der Waals surface area (Å²) in [5.74, 6) is 1.03. The first kappa shape index (κ1) is 37.2. The van der Waals surface area contributed by atoms with Crippen LogP contribution in [-0.4, -0.2) is 6.94 Å².